The van der Waals surface area contributed by atoms with Crippen LogP contribution < -0.4 is 4.74 Å². The molecule has 1 unspecified atom stereocenters. The number of hydrogen-bond donors (Lipinski definition) is 0. The first-order valence-electron chi connectivity index (χ1n) is 4.61. The van der Waals surface area contributed by atoms with E-state index in [0.717, 1.165) is 0 Å². The third-order valence-corrected chi connectivity index (χ3v) is 2.06. The van der Waals surface area contributed by atoms with E-state index in [1.54, 1.807) is 19.1 Å². The van der Waals surface area contributed by atoms with Gasteiger partial charge in [-0.3, -0.25) is 0 Å². The van der Waals surface area contributed by atoms with E-state index >= 15 is 0 Å². The van der Waals surface area contributed by atoms with Gasteiger partial charge in [0.15, 0.2) is 6.10 Å². The smallest absolute Gasteiger partial charge is 0.347 e. The second kappa shape index (κ2) is 6.35. The maximum atomic E-state index is 11.3. The molecule has 82 valence electrons. The van der Waals surface area contributed by atoms with E-state index in [9.17, 15) is 4.79 Å². The third kappa shape index (κ3) is 4.25. The van der Waals surface area contributed by atoms with Gasteiger partial charge in [0.25, 0.3) is 0 Å². The normalized spacial score (nSPS) is 11.9. The van der Waals surface area contributed by atoms with Crippen molar-refractivity contribution < 1.29 is 14.3 Å². The quantitative estimate of drug-likeness (QED) is 0.570. The summed E-state index contributed by atoms with van der Waals surface area (Å²) in [5, 5.41) is 0. The van der Waals surface area contributed by atoms with Crippen LogP contribution >= 0.6 is 11.8 Å². The first-order chi connectivity index (χ1) is 7.24. The first kappa shape index (κ1) is 11.9. The Hall–Kier alpha value is -1.16. The summed E-state index contributed by atoms with van der Waals surface area (Å²) in [6.45, 7) is 1.68. The number of carbonyl (C=O) groups is 1. The Kier molecular flexibility index (Phi) is 5.04. The van der Waals surface area contributed by atoms with Crippen LogP contribution in [0.1, 0.15) is 6.92 Å². The van der Waals surface area contributed by atoms with Crippen molar-refractivity contribution in [2.24, 2.45) is 0 Å². The van der Waals surface area contributed by atoms with Gasteiger partial charge in [0.05, 0.1) is 0 Å². The number of benzene rings is 1. The van der Waals surface area contributed by atoms with E-state index in [2.05, 4.69) is 0 Å². The molecule has 0 radical (unpaired) electrons. The SMILES string of the molecule is CSCOC(=O)C(C)Oc1ccccc1. The molecule has 0 fully saturated rings. The maximum Gasteiger partial charge on any atom is 0.347 e. The second-order valence-electron chi connectivity index (χ2n) is 2.94. The van der Waals surface area contributed by atoms with E-state index in [-0.39, 0.29) is 5.97 Å². The van der Waals surface area contributed by atoms with Crippen LogP contribution in [0.4, 0.5) is 0 Å². The minimum Gasteiger partial charge on any atom is -0.479 e. The Morgan fingerprint density at radius 3 is 2.67 bits per heavy atom. The Morgan fingerprint density at radius 2 is 2.07 bits per heavy atom. The van der Waals surface area contributed by atoms with Gasteiger partial charge in [0.1, 0.15) is 11.7 Å². The molecule has 0 spiro atoms. The highest BCUT2D eigenvalue weighted by Gasteiger charge is 2.15. The monoisotopic (exact) mass is 226 g/mol. The molecule has 0 aliphatic heterocycles. The summed E-state index contributed by atoms with van der Waals surface area (Å²) in [4.78, 5) is 11.3. The van der Waals surface area contributed by atoms with Gasteiger partial charge < -0.3 is 9.47 Å². The van der Waals surface area contributed by atoms with Crippen molar-refractivity contribution in [2.75, 3.05) is 12.2 Å². The van der Waals surface area contributed by atoms with Gasteiger partial charge in [0.2, 0.25) is 0 Å². The molecule has 0 saturated heterocycles. The molecule has 15 heavy (non-hydrogen) atoms. The number of thioether (sulfide) groups is 1. The highest BCUT2D eigenvalue weighted by Crippen LogP contribution is 2.11. The number of esters is 1. The fourth-order valence-electron chi connectivity index (χ4n) is 0.986. The fraction of sp³-hybridized carbons (Fsp3) is 0.364. The highest BCUT2D eigenvalue weighted by molar-refractivity contribution is 7.98. The molecule has 1 aromatic carbocycles. The van der Waals surface area contributed by atoms with Crippen LogP contribution in [0, 0.1) is 0 Å². The van der Waals surface area contributed by atoms with Gasteiger partial charge in [0, 0.05) is 0 Å². The average Bonchev–Trinajstić information content (AvgIpc) is 2.27. The summed E-state index contributed by atoms with van der Waals surface area (Å²) in [7, 11) is 0. The number of para-hydroxylation sites is 1. The standard InChI is InChI=1S/C11H14O3S/c1-9(11(12)13-8-15-2)14-10-6-4-3-5-7-10/h3-7,9H,8H2,1-2H3. The van der Waals surface area contributed by atoms with Crippen LogP contribution in [0.25, 0.3) is 0 Å². The molecule has 0 bridgehead atoms. The highest BCUT2D eigenvalue weighted by atomic mass is 32.2. The molecule has 0 aliphatic carbocycles. The lowest BCUT2D eigenvalue weighted by molar-refractivity contribution is -0.148. The molecule has 0 amide bonds. The maximum absolute atomic E-state index is 11.3. The van der Waals surface area contributed by atoms with Crippen molar-refractivity contribution in [3.8, 4) is 5.75 Å². The van der Waals surface area contributed by atoms with E-state index in [4.69, 9.17) is 9.47 Å². The van der Waals surface area contributed by atoms with Crippen molar-refractivity contribution in [3.63, 3.8) is 0 Å². The molecule has 1 aromatic rings. The third-order valence-electron chi connectivity index (χ3n) is 1.71. The zero-order valence-electron chi connectivity index (χ0n) is 8.80. The van der Waals surface area contributed by atoms with Crippen LogP contribution in [0.3, 0.4) is 0 Å². The summed E-state index contributed by atoms with van der Waals surface area (Å²) in [5.74, 6) is 0.695. The van der Waals surface area contributed by atoms with Gasteiger partial charge in [-0.25, -0.2) is 4.79 Å². The minimum absolute atomic E-state index is 0.340. The molecule has 0 heterocycles. The molecule has 0 aliphatic rings. The minimum atomic E-state index is -0.570. The second-order valence-corrected chi connectivity index (χ2v) is 3.76. The molecule has 0 N–H and O–H groups in total. The van der Waals surface area contributed by atoms with Gasteiger partial charge in [-0.05, 0) is 25.3 Å². The first-order valence-corrected chi connectivity index (χ1v) is 6.00. The molecule has 3 nitrogen and oxygen atoms in total. The van der Waals surface area contributed by atoms with Gasteiger partial charge in [-0.15, -0.1) is 11.8 Å². The van der Waals surface area contributed by atoms with Crippen LogP contribution in [-0.2, 0) is 9.53 Å². The zero-order valence-corrected chi connectivity index (χ0v) is 9.62. The van der Waals surface area contributed by atoms with Crippen molar-refractivity contribution in [3.05, 3.63) is 30.3 Å². The van der Waals surface area contributed by atoms with Gasteiger partial charge >= 0.3 is 5.97 Å². The van der Waals surface area contributed by atoms with Crippen molar-refractivity contribution >= 4 is 17.7 Å². The zero-order chi connectivity index (χ0) is 11.1. The summed E-state index contributed by atoms with van der Waals surface area (Å²) in [5.41, 5.74) is 0. The Balaban J connectivity index is 2.41. The molecule has 0 aromatic heterocycles. The molecule has 0 saturated carbocycles. The predicted molar refractivity (Wildman–Crippen MR) is 61.0 cm³/mol. The summed E-state index contributed by atoms with van der Waals surface area (Å²) in [6.07, 6.45) is 1.30. The number of hydrogen-bond acceptors (Lipinski definition) is 4. The summed E-state index contributed by atoms with van der Waals surface area (Å²) < 4.78 is 10.3. The summed E-state index contributed by atoms with van der Waals surface area (Å²) >= 11 is 1.46. The Labute approximate surface area is 93.8 Å². The summed E-state index contributed by atoms with van der Waals surface area (Å²) in [6, 6.07) is 9.21. The molecule has 1 rings (SSSR count). The topological polar surface area (TPSA) is 35.5 Å². The van der Waals surface area contributed by atoms with E-state index in [1.165, 1.54) is 11.8 Å². The lowest BCUT2D eigenvalue weighted by Gasteiger charge is -2.13. The van der Waals surface area contributed by atoms with Crippen LogP contribution in [0.15, 0.2) is 30.3 Å². The van der Waals surface area contributed by atoms with Crippen molar-refractivity contribution in [2.45, 2.75) is 13.0 Å². The number of ether oxygens (including phenoxy) is 2. The van der Waals surface area contributed by atoms with Crippen molar-refractivity contribution in [1.82, 2.24) is 0 Å². The van der Waals surface area contributed by atoms with Crippen LogP contribution in [-0.4, -0.2) is 24.3 Å². The molecular weight excluding hydrogens is 212 g/mol. The van der Waals surface area contributed by atoms with E-state index in [1.807, 2.05) is 24.5 Å². The fourth-order valence-corrected chi connectivity index (χ4v) is 1.22. The van der Waals surface area contributed by atoms with Crippen molar-refractivity contribution in [1.29, 1.82) is 0 Å². The Morgan fingerprint density at radius 1 is 1.40 bits per heavy atom. The van der Waals surface area contributed by atoms with Gasteiger partial charge in [-0.2, -0.15) is 0 Å². The van der Waals surface area contributed by atoms with Gasteiger partial charge in [-0.1, -0.05) is 18.2 Å². The molecular formula is C11H14O3S. The Bertz CT molecular complexity index is 300. The lowest BCUT2D eigenvalue weighted by atomic mass is 10.3. The predicted octanol–water partition coefficient (Wildman–Crippen LogP) is 2.32. The molecule has 1 atom stereocenters. The van der Waals surface area contributed by atoms with E-state index < -0.39 is 6.10 Å². The largest absolute Gasteiger partial charge is 0.479 e. The molecule has 4 heteroatoms. The van der Waals surface area contributed by atoms with E-state index in [0.29, 0.717) is 11.7 Å². The van der Waals surface area contributed by atoms with Crippen LogP contribution in [0.5, 0.6) is 5.75 Å². The average molecular weight is 226 g/mol. The van der Waals surface area contributed by atoms with Crippen LogP contribution in [0.2, 0.25) is 0 Å². The number of carbonyl (C=O) groups excluding carboxylic acids is 1. The number of rotatable bonds is 5. The lowest BCUT2D eigenvalue weighted by Crippen LogP contribution is -2.25.